The Hall–Kier alpha value is -3.19. The Morgan fingerprint density at radius 3 is 2.68 bits per heavy atom. The number of nitrogens with one attached hydrogen (secondary N) is 2. The quantitative estimate of drug-likeness (QED) is 0.634. The number of hydrogen-bond donors (Lipinski definition) is 2. The van der Waals surface area contributed by atoms with Crippen molar-refractivity contribution < 1.29 is 9.59 Å². The van der Waals surface area contributed by atoms with Gasteiger partial charge in [-0.1, -0.05) is 49.1 Å². The van der Waals surface area contributed by atoms with E-state index in [2.05, 4.69) is 15.7 Å². The van der Waals surface area contributed by atoms with E-state index in [0.717, 1.165) is 35.8 Å². The average molecular weight is 439 g/mol. The standard InChI is InChI=1S/C23H23ClN4O3/c24-20-11-10-17(12-19(20)22(30)27-16-7-2-1-3-8-16)26-21(29)14-28-23(31)18-9-5-4-6-15(18)13-25-28/h4-6,9-13,16H,1-3,7-8,14H2,(H,26,29)(H,27,30). The number of anilines is 1. The maximum atomic E-state index is 12.7. The molecule has 1 aromatic heterocycles. The lowest BCUT2D eigenvalue weighted by Crippen LogP contribution is -2.36. The predicted octanol–water partition coefficient (Wildman–Crippen LogP) is 3.75. The summed E-state index contributed by atoms with van der Waals surface area (Å²) in [6, 6.07) is 12.0. The topological polar surface area (TPSA) is 93.1 Å². The second kappa shape index (κ2) is 9.31. The molecule has 0 radical (unpaired) electrons. The molecule has 0 unspecified atom stereocenters. The van der Waals surface area contributed by atoms with Crippen molar-refractivity contribution >= 4 is 39.9 Å². The van der Waals surface area contributed by atoms with E-state index in [0.29, 0.717) is 21.7 Å². The smallest absolute Gasteiger partial charge is 0.275 e. The molecule has 160 valence electrons. The van der Waals surface area contributed by atoms with Crippen LogP contribution in [0.3, 0.4) is 0 Å². The highest BCUT2D eigenvalue weighted by Gasteiger charge is 2.19. The van der Waals surface area contributed by atoms with E-state index in [1.165, 1.54) is 6.42 Å². The Morgan fingerprint density at radius 1 is 1.10 bits per heavy atom. The van der Waals surface area contributed by atoms with Crippen molar-refractivity contribution in [1.82, 2.24) is 15.1 Å². The molecule has 1 saturated carbocycles. The fourth-order valence-electron chi connectivity index (χ4n) is 3.86. The molecule has 1 heterocycles. The van der Waals surface area contributed by atoms with Gasteiger partial charge in [0, 0.05) is 17.1 Å². The first-order valence-corrected chi connectivity index (χ1v) is 10.7. The van der Waals surface area contributed by atoms with Gasteiger partial charge in [-0.25, -0.2) is 4.68 Å². The third-order valence-corrected chi connectivity index (χ3v) is 5.82. The second-order valence-corrected chi connectivity index (χ2v) is 8.15. The summed E-state index contributed by atoms with van der Waals surface area (Å²) in [4.78, 5) is 37.7. The molecule has 7 nitrogen and oxygen atoms in total. The first-order valence-electron chi connectivity index (χ1n) is 10.4. The molecule has 0 spiro atoms. The van der Waals surface area contributed by atoms with Crippen LogP contribution < -0.4 is 16.2 Å². The number of carbonyl (C=O) groups excluding carboxylic acids is 2. The SMILES string of the molecule is O=C(Cn1ncc2ccccc2c1=O)Nc1ccc(Cl)c(C(=O)NC2CCCCC2)c1. The van der Waals surface area contributed by atoms with Crippen LogP contribution in [0.1, 0.15) is 42.5 Å². The van der Waals surface area contributed by atoms with Crippen LogP contribution in [0.2, 0.25) is 5.02 Å². The summed E-state index contributed by atoms with van der Waals surface area (Å²) in [5, 5.41) is 11.3. The molecule has 2 amide bonds. The van der Waals surface area contributed by atoms with Crippen molar-refractivity contribution in [2.45, 2.75) is 44.7 Å². The lowest BCUT2D eigenvalue weighted by atomic mass is 9.95. The Labute approximate surface area is 184 Å². The largest absolute Gasteiger partial charge is 0.349 e. The van der Waals surface area contributed by atoms with E-state index in [1.807, 2.05) is 6.07 Å². The zero-order chi connectivity index (χ0) is 21.8. The summed E-state index contributed by atoms with van der Waals surface area (Å²) in [5.41, 5.74) is 0.403. The molecule has 4 rings (SSSR count). The zero-order valence-electron chi connectivity index (χ0n) is 16.9. The Morgan fingerprint density at radius 2 is 1.87 bits per heavy atom. The molecule has 1 aliphatic rings. The van der Waals surface area contributed by atoms with Crippen LogP contribution in [-0.4, -0.2) is 27.6 Å². The first kappa shape index (κ1) is 21.1. The van der Waals surface area contributed by atoms with Gasteiger partial charge in [0.15, 0.2) is 0 Å². The minimum atomic E-state index is -0.425. The van der Waals surface area contributed by atoms with E-state index < -0.39 is 5.91 Å². The minimum Gasteiger partial charge on any atom is -0.349 e. The van der Waals surface area contributed by atoms with Gasteiger partial charge in [0.1, 0.15) is 6.54 Å². The van der Waals surface area contributed by atoms with Crippen LogP contribution in [0.5, 0.6) is 0 Å². The summed E-state index contributed by atoms with van der Waals surface area (Å²) in [7, 11) is 0. The molecule has 1 fully saturated rings. The molecular formula is C23H23ClN4O3. The molecule has 0 aliphatic heterocycles. The fraction of sp³-hybridized carbons (Fsp3) is 0.304. The zero-order valence-corrected chi connectivity index (χ0v) is 17.7. The van der Waals surface area contributed by atoms with E-state index in [4.69, 9.17) is 11.6 Å². The highest BCUT2D eigenvalue weighted by molar-refractivity contribution is 6.34. The number of rotatable bonds is 5. The molecule has 0 bridgehead atoms. The maximum Gasteiger partial charge on any atom is 0.275 e. The van der Waals surface area contributed by atoms with Crippen LogP contribution in [-0.2, 0) is 11.3 Å². The molecule has 2 N–H and O–H groups in total. The van der Waals surface area contributed by atoms with E-state index in [9.17, 15) is 14.4 Å². The van der Waals surface area contributed by atoms with Gasteiger partial charge in [-0.2, -0.15) is 5.10 Å². The van der Waals surface area contributed by atoms with Gasteiger partial charge in [-0.15, -0.1) is 0 Å². The van der Waals surface area contributed by atoms with Crippen LogP contribution in [0, 0.1) is 0 Å². The molecule has 2 aromatic carbocycles. The van der Waals surface area contributed by atoms with Crippen LogP contribution >= 0.6 is 11.6 Å². The molecule has 8 heteroatoms. The van der Waals surface area contributed by atoms with E-state index >= 15 is 0 Å². The second-order valence-electron chi connectivity index (χ2n) is 7.75. The van der Waals surface area contributed by atoms with Gasteiger partial charge in [-0.3, -0.25) is 14.4 Å². The van der Waals surface area contributed by atoms with Gasteiger partial charge < -0.3 is 10.6 Å². The Kier molecular flexibility index (Phi) is 6.32. The normalized spacial score (nSPS) is 14.4. The minimum absolute atomic E-state index is 0.154. The van der Waals surface area contributed by atoms with Crippen LogP contribution in [0.15, 0.2) is 53.5 Å². The number of carbonyl (C=O) groups is 2. The molecule has 31 heavy (non-hydrogen) atoms. The number of aromatic nitrogens is 2. The molecule has 0 atom stereocenters. The molecule has 0 saturated heterocycles. The number of nitrogens with zero attached hydrogens (tertiary/aromatic N) is 2. The van der Waals surface area contributed by atoms with Gasteiger partial charge in [0.05, 0.1) is 22.2 Å². The lowest BCUT2D eigenvalue weighted by molar-refractivity contribution is -0.117. The summed E-state index contributed by atoms with van der Waals surface area (Å²) >= 11 is 6.22. The monoisotopic (exact) mass is 438 g/mol. The van der Waals surface area contributed by atoms with Crippen molar-refractivity contribution in [2.75, 3.05) is 5.32 Å². The number of benzene rings is 2. The summed E-state index contributed by atoms with van der Waals surface area (Å²) in [6.45, 7) is -0.240. The van der Waals surface area contributed by atoms with E-state index in [1.54, 1.807) is 42.6 Å². The highest BCUT2D eigenvalue weighted by Crippen LogP contribution is 2.23. The van der Waals surface area contributed by atoms with Gasteiger partial charge in [0.2, 0.25) is 5.91 Å². The van der Waals surface area contributed by atoms with Crippen molar-refractivity contribution in [3.05, 3.63) is 69.6 Å². The first-order chi connectivity index (χ1) is 15.0. The van der Waals surface area contributed by atoms with Crippen molar-refractivity contribution in [3.8, 4) is 0 Å². The Bertz CT molecular complexity index is 1180. The number of fused-ring (bicyclic) bond motifs is 1. The van der Waals surface area contributed by atoms with Crippen LogP contribution in [0.4, 0.5) is 5.69 Å². The number of hydrogen-bond acceptors (Lipinski definition) is 4. The summed E-state index contributed by atoms with van der Waals surface area (Å²) < 4.78 is 1.12. The third-order valence-electron chi connectivity index (χ3n) is 5.49. The molecular weight excluding hydrogens is 416 g/mol. The number of amides is 2. The lowest BCUT2D eigenvalue weighted by Gasteiger charge is -2.23. The average Bonchev–Trinajstić information content (AvgIpc) is 2.78. The van der Waals surface area contributed by atoms with Crippen LogP contribution in [0.25, 0.3) is 10.8 Å². The van der Waals surface area contributed by atoms with Gasteiger partial charge in [-0.05, 0) is 37.1 Å². The highest BCUT2D eigenvalue weighted by atomic mass is 35.5. The predicted molar refractivity (Wildman–Crippen MR) is 120 cm³/mol. The molecule has 1 aliphatic carbocycles. The molecule has 3 aromatic rings. The fourth-order valence-corrected chi connectivity index (χ4v) is 4.07. The summed E-state index contributed by atoms with van der Waals surface area (Å²) in [6.07, 6.45) is 6.90. The third kappa shape index (κ3) is 4.94. The van der Waals surface area contributed by atoms with Gasteiger partial charge in [0.25, 0.3) is 11.5 Å². The van der Waals surface area contributed by atoms with Crippen molar-refractivity contribution in [2.24, 2.45) is 0 Å². The number of halogens is 1. The van der Waals surface area contributed by atoms with Crippen molar-refractivity contribution in [3.63, 3.8) is 0 Å². The Balaban J connectivity index is 1.46. The van der Waals surface area contributed by atoms with Gasteiger partial charge >= 0.3 is 0 Å². The maximum absolute atomic E-state index is 12.7. The van der Waals surface area contributed by atoms with E-state index in [-0.39, 0.29) is 24.1 Å². The summed E-state index contributed by atoms with van der Waals surface area (Å²) in [5.74, 6) is -0.675. The van der Waals surface area contributed by atoms with Crippen molar-refractivity contribution in [1.29, 1.82) is 0 Å².